The second-order valence-corrected chi connectivity index (χ2v) is 1.79. The summed E-state index contributed by atoms with van der Waals surface area (Å²) in [5.41, 5.74) is 0.653. The van der Waals surface area contributed by atoms with Crippen LogP contribution in [0.15, 0.2) is 10.7 Å². The summed E-state index contributed by atoms with van der Waals surface area (Å²) in [5, 5.41) is 8.45. The van der Waals surface area contributed by atoms with Crippen LogP contribution in [0.3, 0.4) is 0 Å². The number of hydrogen-bond acceptors (Lipinski definition) is 3. The highest BCUT2D eigenvalue weighted by Gasteiger charge is 1.98. The lowest BCUT2D eigenvalue weighted by Gasteiger charge is -1.79. The third-order valence-electron chi connectivity index (χ3n) is 0.871. The van der Waals surface area contributed by atoms with Crippen LogP contribution >= 0.6 is 11.6 Å². The van der Waals surface area contributed by atoms with Crippen LogP contribution in [0, 0.1) is 0 Å². The van der Waals surface area contributed by atoms with Crippen molar-refractivity contribution in [1.82, 2.24) is 4.98 Å². The molecular weight excluding hydrogens is 142 g/mol. The van der Waals surface area contributed by atoms with Crippen LogP contribution in [0.4, 0.5) is 0 Å². The summed E-state index contributed by atoms with van der Waals surface area (Å²) in [5.74, 6) is 0.634. The van der Waals surface area contributed by atoms with E-state index in [1.165, 1.54) is 6.26 Å². The van der Waals surface area contributed by atoms with Crippen molar-refractivity contribution in [1.29, 1.82) is 0 Å². The fourth-order valence-electron chi connectivity index (χ4n) is 0.483. The Bertz CT molecular complexity index is 168. The van der Waals surface area contributed by atoms with E-state index in [1.54, 1.807) is 0 Å². The molecule has 0 bridgehead atoms. The van der Waals surface area contributed by atoms with Crippen molar-refractivity contribution in [3.63, 3.8) is 0 Å². The normalized spacial score (nSPS) is 10.0. The highest BCUT2D eigenvalue weighted by Crippen LogP contribution is 2.03. The summed E-state index contributed by atoms with van der Waals surface area (Å²) >= 11 is 5.39. The monoisotopic (exact) mass is 147 g/mol. The van der Waals surface area contributed by atoms with E-state index in [0.29, 0.717) is 17.5 Å². The molecule has 1 rings (SSSR count). The highest BCUT2D eigenvalue weighted by atomic mass is 35.5. The number of aliphatic hydroxyl groups excluding tert-OH is 1. The molecule has 0 unspecified atom stereocenters. The quantitative estimate of drug-likeness (QED) is 0.633. The van der Waals surface area contributed by atoms with Gasteiger partial charge in [0.15, 0.2) is 0 Å². The van der Waals surface area contributed by atoms with Gasteiger partial charge in [0.1, 0.15) is 12.9 Å². The van der Waals surface area contributed by atoms with E-state index in [2.05, 4.69) is 4.98 Å². The lowest BCUT2D eigenvalue weighted by atomic mass is 10.6. The van der Waals surface area contributed by atoms with Crippen molar-refractivity contribution in [2.24, 2.45) is 0 Å². The molecule has 0 amide bonds. The Morgan fingerprint density at radius 3 is 2.89 bits per heavy atom. The van der Waals surface area contributed by atoms with Crippen LogP contribution < -0.4 is 0 Å². The van der Waals surface area contributed by atoms with Gasteiger partial charge in [-0.3, -0.25) is 0 Å². The zero-order valence-corrected chi connectivity index (χ0v) is 5.43. The average molecular weight is 148 g/mol. The molecule has 0 aromatic carbocycles. The van der Waals surface area contributed by atoms with Crippen molar-refractivity contribution in [2.75, 3.05) is 0 Å². The standard InChI is InChI=1S/C5H6ClNO2/c6-1-4-3-9-5(2-8)7-4/h3,8H,1-2H2. The van der Waals surface area contributed by atoms with Gasteiger partial charge in [0.25, 0.3) is 0 Å². The Balaban J connectivity index is 2.74. The molecule has 9 heavy (non-hydrogen) atoms. The molecule has 0 radical (unpaired) electrons. The number of aromatic nitrogens is 1. The third-order valence-corrected chi connectivity index (χ3v) is 1.15. The van der Waals surface area contributed by atoms with Gasteiger partial charge in [-0.2, -0.15) is 0 Å². The summed E-state index contributed by atoms with van der Waals surface area (Å²) in [4.78, 5) is 3.80. The second-order valence-electron chi connectivity index (χ2n) is 1.52. The van der Waals surface area contributed by atoms with Crippen LogP contribution in [-0.2, 0) is 12.5 Å². The summed E-state index contributed by atoms with van der Waals surface area (Å²) in [6.45, 7) is -0.170. The first-order valence-electron chi connectivity index (χ1n) is 2.47. The molecule has 0 saturated carbocycles. The molecular formula is C5H6ClNO2. The van der Waals surface area contributed by atoms with Gasteiger partial charge < -0.3 is 9.52 Å². The first-order chi connectivity index (χ1) is 4.36. The Kier molecular flexibility index (Phi) is 2.08. The number of hydrogen-bond donors (Lipinski definition) is 1. The molecule has 1 aromatic rings. The van der Waals surface area contributed by atoms with Gasteiger partial charge in [0.05, 0.1) is 11.6 Å². The Morgan fingerprint density at radius 1 is 1.78 bits per heavy atom. The minimum Gasteiger partial charge on any atom is -0.446 e. The summed E-state index contributed by atoms with van der Waals surface area (Å²) in [6, 6.07) is 0. The first kappa shape index (κ1) is 6.58. The largest absolute Gasteiger partial charge is 0.446 e. The number of nitrogens with zero attached hydrogens (tertiary/aromatic N) is 1. The fraction of sp³-hybridized carbons (Fsp3) is 0.400. The molecule has 0 fully saturated rings. The number of aliphatic hydroxyl groups is 1. The highest BCUT2D eigenvalue weighted by molar-refractivity contribution is 6.16. The van der Waals surface area contributed by atoms with Crippen molar-refractivity contribution in [2.45, 2.75) is 12.5 Å². The van der Waals surface area contributed by atoms with Crippen LogP contribution in [0.2, 0.25) is 0 Å². The minimum atomic E-state index is -0.170. The van der Waals surface area contributed by atoms with E-state index in [0.717, 1.165) is 0 Å². The van der Waals surface area contributed by atoms with Gasteiger partial charge in [-0.1, -0.05) is 0 Å². The van der Waals surface area contributed by atoms with E-state index in [4.69, 9.17) is 21.1 Å². The van der Waals surface area contributed by atoms with E-state index in [9.17, 15) is 0 Å². The second kappa shape index (κ2) is 2.85. The van der Waals surface area contributed by atoms with E-state index in [1.807, 2.05) is 0 Å². The SMILES string of the molecule is OCc1nc(CCl)co1. The average Bonchev–Trinajstić information content (AvgIpc) is 2.34. The Morgan fingerprint density at radius 2 is 2.56 bits per heavy atom. The zero-order chi connectivity index (χ0) is 6.69. The van der Waals surface area contributed by atoms with E-state index in [-0.39, 0.29) is 6.61 Å². The maximum absolute atomic E-state index is 8.45. The zero-order valence-electron chi connectivity index (χ0n) is 4.67. The molecule has 0 spiro atoms. The molecule has 4 heteroatoms. The van der Waals surface area contributed by atoms with Gasteiger partial charge in [-0.05, 0) is 0 Å². The fourth-order valence-corrected chi connectivity index (χ4v) is 0.606. The molecule has 0 aliphatic heterocycles. The van der Waals surface area contributed by atoms with Gasteiger partial charge in [0, 0.05) is 0 Å². The Labute approximate surface area is 57.3 Å². The van der Waals surface area contributed by atoms with Gasteiger partial charge in [-0.25, -0.2) is 4.98 Å². The lowest BCUT2D eigenvalue weighted by molar-refractivity contribution is 0.240. The topological polar surface area (TPSA) is 46.3 Å². The van der Waals surface area contributed by atoms with Crippen molar-refractivity contribution >= 4 is 11.6 Å². The molecule has 50 valence electrons. The van der Waals surface area contributed by atoms with Crippen molar-refractivity contribution in [3.8, 4) is 0 Å². The van der Waals surface area contributed by atoms with Crippen LogP contribution in [0.5, 0.6) is 0 Å². The minimum absolute atomic E-state index is 0.170. The third kappa shape index (κ3) is 1.43. The number of oxazole rings is 1. The first-order valence-corrected chi connectivity index (χ1v) is 3.00. The predicted octanol–water partition coefficient (Wildman–Crippen LogP) is 0.906. The maximum Gasteiger partial charge on any atom is 0.219 e. The molecule has 1 aromatic heterocycles. The molecule has 1 N–H and O–H groups in total. The molecule has 0 atom stereocenters. The molecule has 0 saturated heterocycles. The smallest absolute Gasteiger partial charge is 0.219 e. The molecule has 3 nitrogen and oxygen atoms in total. The number of rotatable bonds is 2. The molecule has 0 aliphatic carbocycles. The van der Waals surface area contributed by atoms with Crippen molar-refractivity contribution < 1.29 is 9.52 Å². The Hall–Kier alpha value is -0.540. The maximum atomic E-state index is 8.45. The van der Waals surface area contributed by atoms with Crippen LogP contribution in [-0.4, -0.2) is 10.1 Å². The van der Waals surface area contributed by atoms with Gasteiger partial charge in [-0.15, -0.1) is 11.6 Å². The molecule has 1 heterocycles. The number of alkyl halides is 1. The predicted molar refractivity (Wildman–Crippen MR) is 32.0 cm³/mol. The van der Waals surface area contributed by atoms with Gasteiger partial charge >= 0.3 is 0 Å². The van der Waals surface area contributed by atoms with Crippen LogP contribution in [0.25, 0.3) is 0 Å². The summed E-state index contributed by atoms with van der Waals surface area (Å²) in [7, 11) is 0. The molecule has 0 aliphatic rings. The number of halogens is 1. The lowest BCUT2D eigenvalue weighted by Crippen LogP contribution is -1.82. The van der Waals surface area contributed by atoms with E-state index < -0.39 is 0 Å². The van der Waals surface area contributed by atoms with Crippen molar-refractivity contribution in [3.05, 3.63) is 17.8 Å². The van der Waals surface area contributed by atoms with E-state index >= 15 is 0 Å². The summed E-state index contributed by atoms with van der Waals surface area (Å²) in [6.07, 6.45) is 1.43. The van der Waals surface area contributed by atoms with Crippen LogP contribution in [0.1, 0.15) is 11.6 Å². The summed E-state index contributed by atoms with van der Waals surface area (Å²) < 4.78 is 4.76. The van der Waals surface area contributed by atoms with Gasteiger partial charge in [0.2, 0.25) is 5.89 Å².